The van der Waals surface area contributed by atoms with Crippen LogP contribution in [0.25, 0.3) is 0 Å². The lowest BCUT2D eigenvalue weighted by Gasteiger charge is -1.83. The number of rotatable bonds is 2. The van der Waals surface area contributed by atoms with Crippen molar-refractivity contribution < 1.29 is 0 Å². The lowest BCUT2D eigenvalue weighted by atomic mass is 10.4. The molecule has 0 aliphatic rings. The van der Waals surface area contributed by atoms with E-state index in [0.717, 1.165) is 16.2 Å². The average molecular weight is 208 g/mol. The van der Waals surface area contributed by atoms with Gasteiger partial charge >= 0.3 is 0 Å². The molecule has 50 valence electrons. The van der Waals surface area contributed by atoms with Gasteiger partial charge in [-0.15, -0.1) is 0 Å². The molecule has 0 spiro atoms. The second-order valence-corrected chi connectivity index (χ2v) is 3.53. The van der Waals surface area contributed by atoms with Crippen LogP contribution < -0.4 is 5.73 Å². The van der Waals surface area contributed by atoms with Crippen LogP contribution in [0.15, 0.2) is 3.92 Å². The van der Waals surface area contributed by atoms with Crippen LogP contribution in [-0.2, 0) is 6.42 Å². The van der Waals surface area contributed by atoms with Crippen molar-refractivity contribution in [3.8, 4) is 0 Å². The highest BCUT2D eigenvalue weighted by atomic mass is 79.9. The largest absolute Gasteiger partial charge is 0.330 e. The molecule has 0 aliphatic carbocycles. The fraction of sp³-hybridized carbons (Fsp3) is 0.500. The Morgan fingerprint density at radius 3 is 2.89 bits per heavy atom. The first-order valence-corrected chi connectivity index (χ1v) is 4.07. The highest BCUT2D eigenvalue weighted by molar-refractivity contribution is 9.11. The smallest absolute Gasteiger partial charge is 0.179 e. The molecule has 1 rings (SSSR count). The van der Waals surface area contributed by atoms with E-state index < -0.39 is 0 Å². The standard InChI is InChI=1S/C4H6BrN3S/c5-4-7-3(1-2-6)8-9-4/h1-2,6H2. The van der Waals surface area contributed by atoms with E-state index in [1.165, 1.54) is 11.5 Å². The van der Waals surface area contributed by atoms with Crippen molar-refractivity contribution in [2.75, 3.05) is 6.54 Å². The lowest BCUT2D eigenvalue weighted by Crippen LogP contribution is -2.03. The summed E-state index contributed by atoms with van der Waals surface area (Å²) in [7, 11) is 0. The molecule has 0 bridgehead atoms. The molecule has 0 fully saturated rings. The number of hydrogen-bond donors (Lipinski definition) is 1. The van der Waals surface area contributed by atoms with Gasteiger partial charge in [0.25, 0.3) is 0 Å². The fourth-order valence-electron chi connectivity index (χ4n) is 0.463. The van der Waals surface area contributed by atoms with Gasteiger partial charge < -0.3 is 5.73 Å². The maximum atomic E-state index is 5.28. The van der Waals surface area contributed by atoms with Crippen molar-refractivity contribution >= 4 is 27.5 Å². The Balaban J connectivity index is 2.61. The van der Waals surface area contributed by atoms with Crippen LogP contribution in [-0.4, -0.2) is 15.9 Å². The molecule has 0 saturated carbocycles. The first kappa shape index (κ1) is 7.11. The zero-order valence-electron chi connectivity index (χ0n) is 4.67. The molecule has 2 N–H and O–H groups in total. The molecule has 0 saturated heterocycles. The van der Waals surface area contributed by atoms with Crippen molar-refractivity contribution in [3.05, 3.63) is 9.74 Å². The maximum Gasteiger partial charge on any atom is 0.179 e. The van der Waals surface area contributed by atoms with Gasteiger partial charge in [-0.1, -0.05) is 0 Å². The Kier molecular flexibility index (Phi) is 2.56. The molecule has 0 radical (unpaired) electrons. The van der Waals surface area contributed by atoms with E-state index in [-0.39, 0.29) is 0 Å². The third-order valence-corrected chi connectivity index (χ3v) is 1.97. The minimum atomic E-state index is 0.614. The van der Waals surface area contributed by atoms with E-state index in [4.69, 9.17) is 5.73 Å². The number of aromatic nitrogens is 2. The van der Waals surface area contributed by atoms with E-state index in [1.807, 2.05) is 0 Å². The van der Waals surface area contributed by atoms with E-state index in [0.29, 0.717) is 6.54 Å². The molecule has 0 atom stereocenters. The summed E-state index contributed by atoms with van der Waals surface area (Å²) in [6.45, 7) is 0.614. The number of hydrogen-bond acceptors (Lipinski definition) is 4. The Morgan fingerprint density at radius 1 is 1.67 bits per heavy atom. The zero-order valence-corrected chi connectivity index (χ0v) is 7.07. The van der Waals surface area contributed by atoms with E-state index >= 15 is 0 Å². The van der Waals surface area contributed by atoms with Gasteiger partial charge in [0, 0.05) is 6.42 Å². The molecule has 1 heterocycles. The quantitative estimate of drug-likeness (QED) is 0.782. The van der Waals surface area contributed by atoms with E-state index in [9.17, 15) is 0 Å². The number of nitrogens with two attached hydrogens (primary N) is 1. The normalized spacial score (nSPS) is 10.0. The molecule has 0 aromatic carbocycles. The summed E-state index contributed by atoms with van der Waals surface area (Å²) in [5.74, 6) is 0.828. The highest BCUT2D eigenvalue weighted by Gasteiger charge is 1.97. The summed E-state index contributed by atoms with van der Waals surface area (Å²) in [4.78, 5) is 4.04. The van der Waals surface area contributed by atoms with Crippen molar-refractivity contribution in [2.24, 2.45) is 5.73 Å². The van der Waals surface area contributed by atoms with Gasteiger partial charge in [0.05, 0.1) is 0 Å². The van der Waals surface area contributed by atoms with Crippen molar-refractivity contribution in [1.29, 1.82) is 0 Å². The molecular formula is C4H6BrN3S. The first-order chi connectivity index (χ1) is 4.33. The van der Waals surface area contributed by atoms with Crippen LogP contribution in [0.2, 0.25) is 0 Å². The highest BCUT2D eigenvalue weighted by Crippen LogP contribution is 2.11. The number of nitrogens with zero attached hydrogens (tertiary/aromatic N) is 2. The topological polar surface area (TPSA) is 51.8 Å². The molecule has 0 amide bonds. The van der Waals surface area contributed by atoms with Crippen molar-refractivity contribution in [3.63, 3.8) is 0 Å². The summed E-state index contributed by atoms with van der Waals surface area (Å²) in [6.07, 6.45) is 0.766. The van der Waals surface area contributed by atoms with Crippen LogP contribution in [0.3, 0.4) is 0 Å². The predicted octanol–water partition coefficient (Wildman–Crippen LogP) is 0.802. The molecule has 0 unspecified atom stereocenters. The fourth-order valence-corrected chi connectivity index (χ4v) is 1.34. The zero-order chi connectivity index (χ0) is 6.69. The third kappa shape index (κ3) is 2.00. The van der Waals surface area contributed by atoms with Crippen LogP contribution in [0.1, 0.15) is 5.82 Å². The van der Waals surface area contributed by atoms with E-state index in [1.54, 1.807) is 0 Å². The summed E-state index contributed by atoms with van der Waals surface area (Å²) in [6, 6.07) is 0. The minimum Gasteiger partial charge on any atom is -0.330 e. The summed E-state index contributed by atoms with van der Waals surface area (Å²) < 4.78 is 4.83. The summed E-state index contributed by atoms with van der Waals surface area (Å²) in [5, 5.41) is 0. The molecule has 3 nitrogen and oxygen atoms in total. The maximum absolute atomic E-state index is 5.28. The van der Waals surface area contributed by atoms with Gasteiger partial charge in [-0.25, -0.2) is 4.98 Å². The Morgan fingerprint density at radius 2 is 2.44 bits per heavy atom. The van der Waals surface area contributed by atoms with Crippen molar-refractivity contribution in [2.45, 2.75) is 6.42 Å². The average Bonchev–Trinajstić information content (AvgIpc) is 2.17. The monoisotopic (exact) mass is 207 g/mol. The van der Waals surface area contributed by atoms with Crippen LogP contribution in [0.5, 0.6) is 0 Å². The van der Waals surface area contributed by atoms with Gasteiger partial charge in [0.1, 0.15) is 5.82 Å². The third-order valence-electron chi connectivity index (χ3n) is 0.811. The van der Waals surface area contributed by atoms with E-state index in [2.05, 4.69) is 25.3 Å². The van der Waals surface area contributed by atoms with Gasteiger partial charge in [0.2, 0.25) is 0 Å². The van der Waals surface area contributed by atoms with Gasteiger partial charge in [-0.05, 0) is 34.0 Å². The molecule has 1 aromatic rings. The summed E-state index contributed by atoms with van der Waals surface area (Å²) in [5.41, 5.74) is 5.28. The van der Waals surface area contributed by atoms with Crippen LogP contribution >= 0.6 is 27.5 Å². The Labute approximate surface area is 65.6 Å². The molecule has 1 aromatic heterocycles. The molecular weight excluding hydrogens is 202 g/mol. The van der Waals surface area contributed by atoms with Crippen LogP contribution in [0.4, 0.5) is 0 Å². The van der Waals surface area contributed by atoms with Gasteiger partial charge in [-0.3, -0.25) is 0 Å². The Bertz CT molecular complexity index is 188. The second kappa shape index (κ2) is 3.24. The first-order valence-electron chi connectivity index (χ1n) is 2.51. The molecule has 9 heavy (non-hydrogen) atoms. The second-order valence-electron chi connectivity index (χ2n) is 1.50. The van der Waals surface area contributed by atoms with Crippen molar-refractivity contribution in [1.82, 2.24) is 9.36 Å². The van der Waals surface area contributed by atoms with Crippen LogP contribution in [0, 0.1) is 0 Å². The lowest BCUT2D eigenvalue weighted by molar-refractivity contribution is 0.897. The number of halogens is 1. The predicted molar refractivity (Wildman–Crippen MR) is 40.4 cm³/mol. The van der Waals surface area contributed by atoms with Gasteiger partial charge in [0.15, 0.2) is 3.92 Å². The molecule has 0 aliphatic heterocycles. The summed E-state index contributed by atoms with van der Waals surface area (Å²) >= 11 is 4.55. The Hall–Kier alpha value is -0.0000000000000000555. The minimum absolute atomic E-state index is 0.614. The van der Waals surface area contributed by atoms with Gasteiger partial charge in [-0.2, -0.15) is 4.37 Å². The molecule has 5 heteroatoms. The SMILES string of the molecule is NCCc1nsc(Br)n1.